The minimum atomic E-state index is -1.19. The normalized spacial score (nSPS) is 24.7. The number of carbonyl (C=O) groups is 2. The number of nitrogens with one attached hydrogen (secondary N) is 2. The standard InChI is InChI=1S/C24H30ClN5O3/c1-23(2)10-19-17(11-27-30(19)13-23)16-9-20(26-12-18(16)25)29-21(31)14-4-3-5-15(8-14)28-22(32)24(33)6-7-24/h9,11-12,14-15,33H,3-8,10,13H2,1-2H3,(H,28,32)(H,26,29,31). The highest BCUT2D eigenvalue weighted by atomic mass is 35.5. The van der Waals surface area contributed by atoms with Gasteiger partial charge in [0.05, 0.1) is 11.2 Å². The molecule has 0 aromatic carbocycles. The fourth-order valence-electron chi connectivity index (χ4n) is 5.04. The Balaban J connectivity index is 1.27. The van der Waals surface area contributed by atoms with Crippen LogP contribution >= 0.6 is 11.6 Å². The fraction of sp³-hybridized carbons (Fsp3) is 0.583. The van der Waals surface area contributed by atoms with Crippen LogP contribution in [0.2, 0.25) is 5.02 Å². The molecule has 0 spiro atoms. The molecule has 3 N–H and O–H groups in total. The van der Waals surface area contributed by atoms with Crippen molar-refractivity contribution >= 4 is 29.2 Å². The molecule has 1 aliphatic heterocycles. The van der Waals surface area contributed by atoms with Crippen LogP contribution in [0.25, 0.3) is 11.1 Å². The van der Waals surface area contributed by atoms with E-state index in [4.69, 9.17) is 11.6 Å². The number of amides is 2. The topological polar surface area (TPSA) is 109 Å². The van der Waals surface area contributed by atoms with Crippen molar-refractivity contribution in [2.45, 2.75) is 77.0 Å². The molecule has 3 heterocycles. The minimum absolute atomic E-state index is 0.0984. The van der Waals surface area contributed by atoms with Gasteiger partial charge in [-0.25, -0.2) is 4.98 Å². The molecule has 2 fully saturated rings. The quantitative estimate of drug-likeness (QED) is 0.619. The van der Waals surface area contributed by atoms with Crippen LogP contribution in [0.5, 0.6) is 0 Å². The monoisotopic (exact) mass is 471 g/mol. The van der Waals surface area contributed by atoms with Gasteiger partial charge in [0.1, 0.15) is 11.4 Å². The van der Waals surface area contributed by atoms with Crippen LogP contribution in [0.1, 0.15) is 58.1 Å². The summed E-state index contributed by atoms with van der Waals surface area (Å²) in [5, 5.41) is 20.9. The van der Waals surface area contributed by atoms with Gasteiger partial charge in [-0.1, -0.05) is 31.9 Å². The molecule has 2 aromatic heterocycles. The van der Waals surface area contributed by atoms with Crippen molar-refractivity contribution in [3.8, 4) is 11.1 Å². The van der Waals surface area contributed by atoms with Gasteiger partial charge in [0, 0.05) is 41.5 Å². The van der Waals surface area contributed by atoms with Gasteiger partial charge < -0.3 is 15.7 Å². The molecular weight excluding hydrogens is 442 g/mol. The summed E-state index contributed by atoms with van der Waals surface area (Å²) < 4.78 is 2.03. The molecule has 2 aromatic rings. The van der Waals surface area contributed by atoms with Crippen LogP contribution in [0.3, 0.4) is 0 Å². The fourth-order valence-corrected chi connectivity index (χ4v) is 5.24. The van der Waals surface area contributed by atoms with Crippen LogP contribution in [-0.4, -0.2) is 43.3 Å². The minimum Gasteiger partial charge on any atom is -0.380 e. The van der Waals surface area contributed by atoms with Gasteiger partial charge in [0.25, 0.3) is 5.91 Å². The molecular formula is C24H30ClN5O3. The average Bonchev–Trinajstić information content (AvgIpc) is 3.30. The first-order valence-electron chi connectivity index (χ1n) is 11.7. The number of hydrogen-bond donors (Lipinski definition) is 3. The number of anilines is 1. The van der Waals surface area contributed by atoms with Crippen LogP contribution < -0.4 is 10.6 Å². The molecule has 0 radical (unpaired) electrons. The van der Waals surface area contributed by atoms with Crippen molar-refractivity contribution in [1.29, 1.82) is 0 Å². The van der Waals surface area contributed by atoms with Gasteiger partial charge in [0.15, 0.2) is 0 Å². The van der Waals surface area contributed by atoms with Crippen LogP contribution in [0.4, 0.5) is 5.82 Å². The Morgan fingerprint density at radius 1 is 1.21 bits per heavy atom. The molecule has 2 amide bonds. The maximum atomic E-state index is 13.0. The maximum absolute atomic E-state index is 13.0. The lowest BCUT2D eigenvalue weighted by molar-refractivity contribution is -0.133. The summed E-state index contributed by atoms with van der Waals surface area (Å²) >= 11 is 6.48. The van der Waals surface area contributed by atoms with E-state index in [-0.39, 0.29) is 29.2 Å². The summed E-state index contributed by atoms with van der Waals surface area (Å²) in [6.07, 6.45) is 8.31. The summed E-state index contributed by atoms with van der Waals surface area (Å²) in [6, 6.07) is 1.72. The third-order valence-corrected chi connectivity index (χ3v) is 7.40. The highest BCUT2D eigenvalue weighted by molar-refractivity contribution is 6.33. The largest absolute Gasteiger partial charge is 0.380 e. The lowest BCUT2D eigenvalue weighted by Gasteiger charge is -2.29. The van der Waals surface area contributed by atoms with E-state index in [0.29, 0.717) is 30.1 Å². The molecule has 176 valence electrons. The number of halogens is 1. The van der Waals surface area contributed by atoms with E-state index in [0.717, 1.165) is 49.0 Å². The number of carbonyl (C=O) groups excluding carboxylic acids is 2. The Kier molecular flexibility index (Phi) is 5.48. The van der Waals surface area contributed by atoms with E-state index in [9.17, 15) is 14.7 Å². The molecule has 9 heteroatoms. The second kappa shape index (κ2) is 8.09. The highest BCUT2D eigenvalue weighted by Crippen LogP contribution is 2.40. The average molecular weight is 472 g/mol. The summed E-state index contributed by atoms with van der Waals surface area (Å²) in [7, 11) is 0. The molecule has 8 nitrogen and oxygen atoms in total. The summed E-state index contributed by atoms with van der Waals surface area (Å²) in [6.45, 7) is 5.30. The molecule has 2 atom stereocenters. The molecule has 5 rings (SSSR count). The van der Waals surface area contributed by atoms with Crippen molar-refractivity contribution in [3.05, 3.63) is 29.2 Å². The molecule has 0 bridgehead atoms. The number of aromatic nitrogens is 3. The predicted molar refractivity (Wildman–Crippen MR) is 125 cm³/mol. The van der Waals surface area contributed by atoms with Crippen molar-refractivity contribution < 1.29 is 14.7 Å². The van der Waals surface area contributed by atoms with Gasteiger partial charge in [-0.15, -0.1) is 0 Å². The smallest absolute Gasteiger partial charge is 0.252 e. The number of fused-ring (bicyclic) bond motifs is 1. The maximum Gasteiger partial charge on any atom is 0.252 e. The summed E-state index contributed by atoms with van der Waals surface area (Å²) in [4.78, 5) is 29.5. The molecule has 33 heavy (non-hydrogen) atoms. The second-order valence-corrected chi connectivity index (χ2v) is 11.0. The van der Waals surface area contributed by atoms with Gasteiger partial charge in [0.2, 0.25) is 5.91 Å². The SMILES string of the molecule is CC1(C)Cc2c(-c3cc(NC(=O)C4CCCC(NC(=O)C5(O)CC5)C4)ncc3Cl)cnn2C1. The zero-order valence-electron chi connectivity index (χ0n) is 19.0. The molecule has 3 aliphatic rings. The van der Waals surface area contributed by atoms with E-state index in [1.54, 1.807) is 6.20 Å². The first-order valence-corrected chi connectivity index (χ1v) is 12.1. The zero-order chi connectivity index (χ0) is 23.4. The molecule has 2 unspecified atom stereocenters. The van der Waals surface area contributed by atoms with Gasteiger partial charge in [-0.2, -0.15) is 5.10 Å². The van der Waals surface area contributed by atoms with Gasteiger partial charge in [-0.3, -0.25) is 14.3 Å². The zero-order valence-corrected chi connectivity index (χ0v) is 19.8. The van der Waals surface area contributed by atoms with Crippen molar-refractivity contribution in [2.24, 2.45) is 11.3 Å². The van der Waals surface area contributed by atoms with Crippen molar-refractivity contribution in [3.63, 3.8) is 0 Å². The van der Waals surface area contributed by atoms with Crippen LogP contribution in [0, 0.1) is 11.3 Å². The number of nitrogens with zero attached hydrogens (tertiary/aromatic N) is 3. The van der Waals surface area contributed by atoms with Crippen molar-refractivity contribution in [2.75, 3.05) is 5.32 Å². The van der Waals surface area contributed by atoms with E-state index in [2.05, 4.69) is 34.6 Å². The Morgan fingerprint density at radius 2 is 2.00 bits per heavy atom. The van der Waals surface area contributed by atoms with Crippen LogP contribution in [0.15, 0.2) is 18.5 Å². The van der Waals surface area contributed by atoms with Crippen molar-refractivity contribution in [1.82, 2.24) is 20.1 Å². The Bertz CT molecular complexity index is 1110. The Labute approximate surface area is 198 Å². The highest BCUT2D eigenvalue weighted by Gasteiger charge is 2.48. The number of hydrogen-bond acceptors (Lipinski definition) is 5. The van der Waals surface area contributed by atoms with Crippen LogP contribution in [-0.2, 0) is 22.6 Å². The van der Waals surface area contributed by atoms with Gasteiger partial charge >= 0.3 is 0 Å². The lowest BCUT2D eigenvalue weighted by atomic mass is 9.85. The van der Waals surface area contributed by atoms with E-state index in [1.807, 2.05) is 16.9 Å². The molecule has 2 saturated carbocycles. The first kappa shape index (κ1) is 22.3. The Morgan fingerprint density at radius 3 is 2.76 bits per heavy atom. The summed E-state index contributed by atoms with van der Waals surface area (Å²) in [5.41, 5.74) is 1.89. The third-order valence-electron chi connectivity index (χ3n) is 7.10. The molecule has 0 saturated heterocycles. The number of aliphatic hydroxyl groups is 1. The third kappa shape index (κ3) is 4.51. The molecule has 2 aliphatic carbocycles. The number of pyridine rings is 1. The van der Waals surface area contributed by atoms with E-state index >= 15 is 0 Å². The lowest BCUT2D eigenvalue weighted by Crippen LogP contribution is -2.45. The first-order chi connectivity index (χ1) is 15.6. The summed E-state index contributed by atoms with van der Waals surface area (Å²) in [5.74, 6) is -0.189. The second-order valence-electron chi connectivity index (χ2n) is 10.6. The van der Waals surface area contributed by atoms with E-state index < -0.39 is 5.60 Å². The Hall–Kier alpha value is -2.45. The number of rotatable bonds is 5. The predicted octanol–water partition coefficient (Wildman–Crippen LogP) is 3.32. The van der Waals surface area contributed by atoms with E-state index in [1.165, 1.54) is 0 Å². The van der Waals surface area contributed by atoms with Gasteiger partial charge in [-0.05, 0) is 50.0 Å².